The summed E-state index contributed by atoms with van der Waals surface area (Å²) in [6, 6.07) is 16.7. The molecule has 0 saturated carbocycles. The molecule has 2 atom stereocenters. The molecule has 2 aromatic carbocycles. The van der Waals surface area contributed by atoms with Gasteiger partial charge in [-0.1, -0.05) is 35.6 Å². The number of carbonyl (C=O) groups is 4. The monoisotopic (exact) mass is 585 g/mol. The molecule has 3 heterocycles. The number of nitrogens with one attached hydrogen (secondary N) is 1. The Morgan fingerprint density at radius 2 is 1.49 bits per heavy atom. The van der Waals surface area contributed by atoms with Gasteiger partial charge < -0.3 is 54.4 Å². The summed E-state index contributed by atoms with van der Waals surface area (Å²) >= 11 is 1.74. The lowest BCUT2D eigenvalue weighted by atomic mass is 9.90. The van der Waals surface area contributed by atoms with Crippen molar-refractivity contribution in [1.82, 2.24) is 9.88 Å². The van der Waals surface area contributed by atoms with Crippen molar-refractivity contribution < 1.29 is 49.1 Å². The minimum atomic E-state index is -2.19. The first kappa shape index (κ1) is 31.1. The maximum Gasteiger partial charge on any atom is 0.184 e. The van der Waals surface area contributed by atoms with Crippen LogP contribution in [-0.2, 0) is 19.2 Å². The van der Waals surface area contributed by atoms with E-state index >= 15 is 0 Å². The van der Waals surface area contributed by atoms with E-state index in [9.17, 15) is 0 Å². The standard InChI is InChI=1S/C23H27N3O2S.2C2H2O4/c1-16(24-23-25-19-6-2-5-9-22(19)29-23)17-10-12-26(13-11-17)14-18-15-27-20-7-3-4-8-21(20)28-18;2*3-1(4)2(5)6/h2-9,16-18H,10-15H2,1H3,(H,24,25);2*(H,3,4)(H,5,6)/p-4. The van der Waals surface area contributed by atoms with Gasteiger partial charge in [0.05, 0.1) is 34.1 Å². The van der Waals surface area contributed by atoms with Gasteiger partial charge in [0.1, 0.15) is 12.7 Å². The van der Waals surface area contributed by atoms with Gasteiger partial charge in [-0.3, -0.25) is 4.90 Å². The molecule has 0 spiro atoms. The number of nitrogens with zero attached hydrogens (tertiary/aromatic N) is 2. The summed E-state index contributed by atoms with van der Waals surface area (Å²) in [6.45, 7) is 6.07. The van der Waals surface area contributed by atoms with E-state index in [1.807, 2.05) is 30.3 Å². The SMILES string of the molecule is CC(Nc1nc2ccccc2s1)C1CCN(CC2COc3ccccc3O2)CC1.O=C([O-])C(=O)[O-].O=C([O-])C(=O)[O-]. The van der Waals surface area contributed by atoms with E-state index < -0.39 is 23.9 Å². The van der Waals surface area contributed by atoms with E-state index in [1.54, 1.807) is 11.3 Å². The van der Waals surface area contributed by atoms with Crippen molar-refractivity contribution in [2.75, 3.05) is 31.6 Å². The Labute approximate surface area is 238 Å². The number of carboxylic acid groups (broad SMARTS) is 4. The molecule has 0 radical (unpaired) electrons. The highest BCUT2D eigenvalue weighted by molar-refractivity contribution is 7.22. The number of benzene rings is 2. The lowest BCUT2D eigenvalue weighted by molar-refractivity contribution is -0.345. The third kappa shape index (κ3) is 9.61. The zero-order chi connectivity index (χ0) is 29.9. The molecule has 3 aromatic rings. The molecule has 0 amide bonds. The Hall–Kier alpha value is -4.43. The van der Waals surface area contributed by atoms with Crippen molar-refractivity contribution in [2.45, 2.75) is 31.9 Å². The van der Waals surface area contributed by atoms with E-state index in [-0.39, 0.29) is 6.10 Å². The van der Waals surface area contributed by atoms with E-state index in [1.165, 1.54) is 17.5 Å². The molecular formula is C27H27N3O10S-4. The number of hydrogen-bond donors (Lipinski definition) is 1. The number of aromatic nitrogens is 1. The number of ether oxygens (including phenoxy) is 2. The van der Waals surface area contributed by atoms with Gasteiger partial charge >= 0.3 is 0 Å². The number of rotatable bonds is 5. The number of thiazole rings is 1. The van der Waals surface area contributed by atoms with Crippen molar-refractivity contribution in [1.29, 1.82) is 0 Å². The average Bonchev–Trinajstić information content (AvgIpc) is 3.36. The van der Waals surface area contributed by atoms with Gasteiger partial charge in [0.15, 0.2) is 16.6 Å². The molecule has 2 aliphatic rings. The third-order valence-electron chi connectivity index (χ3n) is 6.35. The Balaban J connectivity index is 0.000000326. The number of fused-ring (bicyclic) bond motifs is 2. The van der Waals surface area contributed by atoms with Crippen LogP contribution in [0.15, 0.2) is 48.5 Å². The first-order chi connectivity index (χ1) is 19.5. The lowest BCUT2D eigenvalue weighted by Gasteiger charge is -2.37. The third-order valence-corrected chi connectivity index (χ3v) is 7.31. The summed E-state index contributed by atoms with van der Waals surface area (Å²) < 4.78 is 13.2. The molecule has 13 nitrogen and oxygen atoms in total. The Bertz CT molecular complexity index is 1270. The quantitative estimate of drug-likeness (QED) is 0.311. The van der Waals surface area contributed by atoms with Crippen LogP contribution in [0.3, 0.4) is 0 Å². The summed E-state index contributed by atoms with van der Waals surface area (Å²) in [5.74, 6) is -6.35. The van der Waals surface area contributed by atoms with Gasteiger partial charge in [-0.25, -0.2) is 4.98 Å². The number of hydrogen-bond acceptors (Lipinski definition) is 14. The molecule has 220 valence electrons. The summed E-state index contributed by atoms with van der Waals surface area (Å²) in [4.78, 5) is 42.9. The van der Waals surface area contributed by atoms with Crippen LogP contribution in [0.4, 0.5) is 5.13 Å². The number of carbonyl (C=O) groups excluding carboxylic acids is 4. The summed E-state index contributed by atoms with van der Waals surface area (Å²) in [5.41, 5.74) is 1.08. The second-order valence-electron chi connectivity index (χ2n) is 9.21. The predicted octanol–water partition coefficient (Wildman–Crippen LogP) is -2.38. The van der Waals surface area contributed by atoms with Crippen LogP contribution in [0.5, 0.6) is 11.5 Å². The van der Waals surface area contributed by atoms with E-state index in [0.717, 1.165) is 41.8 Å². The molecule has 1 saturated heterocycles. The Morgan fingerprint density at radius 3 is 2.07 bits per heavy atom. The molecule has 14 heteroatoms. The Morgan fingerprint density at radius 1 is 0.927 bits per heavy atom. The van der Waals surface area contributed by atoms with Crippen LogP contribution in [0.25, 0.3) is 10.2 Å². The number of piperidine rings is 1. The number of likely N-dealkylation sites (tertiary alicyclic amines) is 1. The van der Waals surface area contributed by atoms with Crippen molar-refractivity contribution in [2.24, 2.45) is 5.92 Å². The fourth-order valence-electron chi connectivity index (χ4n) is 4.32. The van der Waals surface area contributed by atoms with E-state index in [0.29, 0.717) is 18.6 Å². The molecule has 0 bridgehead atoms. The highest BCUT2D eigenvalue weighted by Crippen LogP contribution is 2.32. The highest BCUT2D eigenvalue weighted by Gasteiger charge is 2.28. The zero-order valence-electron chi connectivity index (χ0n) is 22.0. The van der Waals surface area contributed by atoms with Gasteiger partial charge in [-0.05, 0) is 63.0 Å². The minimum absolute atomic E-state index is 0.111. The topological polar surface area (TPSA) is 207 Å². The van der Waals surface area contributed by atoms with Crippen LogP contribution in [-0.4, -0.2) is 72.1 Å². The molecular weight excluding hydrogens is 558 g/mol. The normalized spacial score (nSPS) is 17.1. The van der Waals surface area contributed by atoms with Gasteiger partial charge in [0.25, 0.3) is 0 Å². The van der Waals surface area contributed by atoms with Crippen molar-refractivity contribution in [3.8, 4) is 11.5 Å². The van der Waals surface area contributed by atoms with Crippen molar-refractivity contribution in [3.63, 3.8) is 0 Å². The average molecular weight is 586 g/mol. The minimum Gasteiger partial charge on any atom is -0.543 e. The van der Waals surface area contributed by atoms with Crippen molar-refractivity contribution >= 4 is 50.6 Å². The highest BCUT2D eigenvalue weighted by atomic mass is 32.1. The van der Waals surface area contributed by atoms with Crippen molar-refractivity contribution in [3.05, 3.63) is 48.5 Å². The first-order valence-electron chi connectivity index (χ1n) is 12.6. The fraction of sp³-hybridized carbons (Fsp3) is 0.370. The molecule has 1 N–H and O–H groups in total. The number of aliphatic carboxylic acids is 4. The second kappa shape index (κ2) is 14.8. The van der Waals surface area contributed by atoms with Crippen LogP contribution < -0.4 is 35.2 Å². The smallest absolute Gasteiger partial charge is 0.184 e. The predicted molar refractivity (Wildman–Crippen MR) is 138 cm³/mol. The maximum absolute atomic E-state index is 8.93. The molecule has 2 aliphatic heterocycles. The number of carboxylic acids is 4. The maximum atomic E-state index is 8.93. The van der Waals surface area contributed by atoms with Crippen LogP contribution in [0.2, 0.25) is 0 Å². The van der Waals surface area contributed by atoms with Crippen LogP contribution >= 0.6 is 11.3 Å². The lowest BCUT2D eigenvalue weighted by Crippen LogP contribution is -2.45. The Kier molecular flexibility index (Phi) is 11.2. The molecule has 1 aromatic heterocycles. The van der Waals surface area contributed by atoms with Gasteiger partial charge in [0.2, 0.25) is 0 Å². The molecule has 1 fully saturated rings. The van der Waals surface area contributed by atoms with Gasteiger partial charge in [-0.2, -0.15) is 0 Å². The fourth-order valence-corrected chi connectivity index (χ4v) is 5.29. The van der Waals surface area contributed by atoms with Gasteiger partial charge in [0, 0.05) is 12.6 Å². The van der Waals surface area contributed by atoms with Gasteiger partial charge in [-0.15, -0.1) is 0 Å². The first-order valence-corrected chi connectivity index (χ1v) is 13.4. The molecule has 5 rings (SSSR count). The largest absolute Gasteiger partial charge is 0.543 e. The number of para-hydroxylation sites is 3. The van der Waals surface area contributed by atoms with Crippen LogP contribution in [0, 0.1) is 5.92 Å². The number of anilines is 1. The summed E-state index contributed by atoms with van der Waals surface area (Å²) in [5, 5.41) is 40.4. The second-order valence-corrected chi connectivity index (χ2v) is 10.2. The molecule has 41 heavy (non-hydrogen) atoms. The van der Waals surface area contributed by atoms with Crippen LogP contribution in [0.1, 0.15) is 19.8 Å². The zero-order valence-corrected chi connectivity index (χ0v) is 22.8. The summed E-state index contributed by atoms with van der Waals surface area (Å²) in [6.07, 6.45) is 2.51. The van der Waals surface area contributed by atoms with E-state index in [4.69, 9.17) is 54.1 Å². The van der Waals surface area contributed by atoms with E-state index in [2.05, 4.69) is 35.3 Å². The molecule has 0 aliphatic carbocycles. The molecule has 2 unspecified atom stereocenters. The summed E-state index contributed by atoms with van der Waals surface area (Å²) in [7, 11) is 0.